The van der Waals surface area contributed by atoms with Crippen molar-refractivity contribution in [1.82, 2.24) is 14.8 Å². The van der Waals surface area contributed by atoms with Crippen LogP contribution in [-0.2, 0) is 42.2 Å². The molecular weight excluding hydrogens is 752 g/mol. The fraction of sp³-hybridized carbons (Fsp3) is 0.409. The van der Waals surface area contributed by atoms with E-state index in [1.54, 1.807) is 40.6 Å². The fourth-order valence-electron chi connectivity index (χ4n) is 8.61. The minimum absolute atomic E-state index is 0.0730. The molecule has 1 aromatic heterocycles. The van der Waals surface area contributed by atoms with Gasteiger partial charge in [0.05, 0.1) is 19.8 Å². The van der Waals surface area contributed by atoms with E-state index >= 15 is 0 Å². The number of carbonyl (C=O) groups is 3. The van der Waals surface area contributed by atoms with Gasteiger partial charge in [0.25, 0.3) is 11.5 Å². The van der Waals surface area contributed by atoms with Crippen molar-refractivity contribution < 1.29 is 37.0 Å². The first kappa shape index (κ1) is 40.4. The van der Waals surface area contributed by atoms with Crippen molar-refractivity contribution in [1.29, 1.82) is 0 Å². The molecule has 2 saturated heterocycles. The maximum Gasteiger partial charge on any atom is 0.418 e. The first-order valence-electron chi connectivity index (χ1n) is 19.5. The first-order chi connectivity index (χ1) is 27.7. The number of carbonyl (C=O) groups excluding carboxylic acids is 3. The quantitative estimate of drug-likeness (QED) is 0.182. The number of imide groups is 1. The summed E-state index contributed by atoms with van der Waals surface area (Å²) in [5.41, 5.74) is 6.32. The maximum absolute atomic E-state index is 14.4. The molecule has 2 N–H and O–H groups in total. The summed E-state index contributed by atoms with van der Waals surface area (Å²) < 4.78 is 56.2. The third-order valence-corrected chi connectivity index (χ3v) is 12.0. The zero-order valence-electron chi connectivity index (χ0n) is 33.3. The maximum atomic E-state index is 14.4. The molecule has 3 aliphatic rings. The number of hydrogen-bond donors (Lipinski definition) is 2. The molecule has 7 rings (SSSR count). The number of anilines is 2. The zero-order valence-corrected chi connectivity index (χ0v) is 33.3. The van der Waals surface area contributed by atoms with E-state index in [0.29, 0.717) is 55.2 Å². The molecule has 0 saturated carbocycles. The molecular formula is C44H48F3N5O6. The van der Waals surface area contributed by atoms with Gasteiger partial charge in [-0.15, -0.1) is 0 Å². The Morgan fingerprint density at radius 3 is 2.28 bits per heavy atom. The normalized spacial score (nSPS) is 17.5. The molecule has 1 unspecified atom stereocenters. The van der Waals surface area contributed by atoms with Crippen molar-refractivity contribution in [2.75, 3.05) is 44.1 Å². The molecule has 3 amide bonds. The lowest BCUT2D eigenvalue weighted by atomic mass is 9.85. The molecule has 0 radical (unpaired) electrons. The number of methoxy groups -OCH3 is 2. The number of aromatic nitrogens is 1. The van der Waals surface area contributed by atoms with Crippen LogP contribution in [0.4, 0.5) is 24.5 Å². The number of piperidine rings is 2. The summed E-state index contributed by atoms with van der Waals surface area (Å²) in [4.78, 5) is 54.0. The molecule has 1 atom stereocenters. The minimum Gasteiger partial charge on any atom is -0.496 e. The lowest BCUT2D eigenvalue weighted by molar-refractivity contribution is -0.137. The van der Waals surface area contributed by atoms with Crippen LogP contribution >= 0.6 is 0 Å². The van der Waals surface area contributed by atoms with E-state index in [4.69, 9.17) is 9.47 Å². The number of amides is 3. The number of halogens is 3. The number of alkyl halides is 3. The Labute approximate surface area is 335 Å². The predicted molar refractivity (Wildman–Crippen MR) is 214 cm³/mol. The Morgan fingerprint density at radius 1 is 0.914 bits per heavy atom. The van der Waals surface area contributed by atoms with Gasteiger partial charge in [-0.1, -0.05) is 18.2 Å². The third-order valence-electron chi connectivity index (χ3n) is 12.0. The van der Waals surface area contributed by atoms with E-state index < -0.39 is 29.6 Å². The molecule has 58 heavy (non-hydrogen) atoms. The van der Waals surface area contributed by atoms with Crippen molar-refractivity contribution in [2.45, 2.75) is 71.1 Å². The molecule has 3 aliphatic heterocycles. The van der Waals surface area contributed by atoms with Gasteiger partial charge in [0.2, 0.25) is 11.8 Å². The molecule has 4 aromatic rings. The van der Waals surface area contributed by atoms with Crippen LogP contribution in [0, 0.1) is 19.8 Å². The van der Waals surface area contributed by atoms with Crippen molar-refractivity contribution in [3.05, 3.63) is 104 Å². The molecule has 0 aliphatic carbocycles. The monoisotopic (exact) mass is 799 g/mol. The van der Waals surface area contributed by atoms with Crippen LogP contribution in [0.2, 0.25) is 0 Å². The number of rotatable bonds is 9. The van der Waals surface area contributed by atoms with E-state index in [1.165, 1.54) is 31.4 Å². The van der Waals surface area contributed by atoms with E-state index in [0.717, 1.165) is 47.6 Å². The Balaban J connectivity index is 1.03. The van der Waals surface area contributed by atoms with E-state index in [1.807, 2.05) is 31.2 Å². The molecule has 0 bridgehead atoms. The Hall–Kier alpha value is -5.79. The summed E-state index contributed by atoms with van der Waals surface area (Å²) in [5.74, 6) is -0.130. The van der Waals surface area contributed by atoms with Crippen LogP contribution in [-0.4, -0.2) is 67.1 Å². The van der Waals surface area contributed by atoms with Crippen LogP contribution in [0.1, 0.15) is 69.4 Å². The molecule has 306 valence electrons. The number of nitrogens with one attached hydrogen (secondary N) is 2. The second-order valence-corrected chi connectivity index (χ2v) is 15.5. The van der Waals surface area contributed by atoms with Gasteiger partial charge in [0.15, 0.2) is 0 Å². The zero-order chi connectivity index (χ0) is 41.5. The molecule has 2 fully saturated rings. The van der Waals surface area contributed by atoms with Crippen LogP contribution < -0.4 is 30.6 Å². The van der Waals surface area contributed by atoms with Crippen LogP contribution in [0.3, 0.4) is 0 Å². The van der Waals surface area contributed by atoms with E-state index in [-0.39, 0.29) is 41.6 Å². The highest BCUT2D eigenvalue weighted by Gasteiger charge is 2.37. The number of ether oxygens (including phenoxy) is 2. The molecule has 3 aromatic carbocycles. The highest BCUT2D eigenvalue weighted by molar-refractivity contribution is 6.02. The summed E-state index contributed by atoms with van der Waals surface area (Å²) in [6.07, 6.45) is 0.387. The second-order valence-electron chi connectivity index (χ2n) is 15.5. The number of aryl methyl sites for hydroxylation is 1. The van der Waals surface area contributed by atoms with Gasteiger partial charge in [-0.25, -0.2) is 0 Å². The SMILES string of the molecule is COc1cc(-c2cn(C)c(=O)c(C)c2C)cc(OC)c1C(=O)N1CCc2c(CC3CCN(c4ccc(NC5CCC(=O)NC5=O)cc4C(F)(F)F)CC3)cccc2C1. The van der Waals surface area contributed by atoms with Crippen LogP contribution in [0.15, 0.2) is 59.5 Å². The summed E-state index contributed by atoms with van der Waals surface area (Å²) in [5, 5.41) is 5.09. The molecule has 0 spiro atoms. The lowest BCUT2D eigenvalue weighted by Gasteiger charge is -2.36. The Kier molecular flexibility index (Phi) is 11.3. The summed E-state index contributed by atoms with van der Waals surface area (Å²) >= 11 is 0. The molecule has 11 nitrogen and oxygen atoms in total. The van der Waals surface area contributed by atoms with Crippen LogP contribution in [0.5, 0.6) is 11.5 Å². The molecule has 4 heterocycles. The standard InChI is InChI=1S/C44H48F3N5O6/c1-25-26(2)42(55)50(3)24-33(25)30-20-37(57-4)40(38(21-30)58-5)43(56)52-18-15-32-28(7-6-8-29(32)23-52)19-27-13-16-51(17-14-27)36-11-9-31(22-34(36)44(45,46)47)48-35-10-12-39(53)49-41(35)54/h6-9,11,20-22,24,27,35,48H,10,12-19,23H2,1-5H3,(H,49,53,54). The number of benzene rings is 3. The Morgan fingerprint density at radius 2 is 1.62 bits per heavy atom. The van der Waals surface area contributed by atoms with Gasteiger partial charge in [-0.05, 0) is 110 Å². The van der Waals surface area contributed by atoms with E-state index in [9.17, 15) is 32.3 Å². The Bertz CT molecular complexity index is 2310. The average Bonchev–Trinajstić information content (AvgIpc) is 3.21. The number of hydrogen-bond acceptors (Lipinski definition) is 8. The summed E-state index contributed by atoms with van der Waals surface area (Å²) in [6.45, 7) is 5.52. The second kappa shape index (κ2) is 16.2. The highest BCUT2D eigenvalue weighted by Crippen LogP contribution is 2.41. The lowest BCUT2D eigenvalue weighted by Crippen LogP contribution is -2.47. The van der Waals surface area contributed by atoms with Gasteiger partial charge in [0.1, 0.15) is 23.1 Å². The van der Waals surface area contributed by atoms with Gasteiger partial charge < -0.3 is 29.2 Å². The minimum atomic E-state index is -4.60. The fourth-order valence-corrected chi connectivity index (χ4v) is 8.61. The largest absolute Gasteiger partial charge is 0.496 e. The third kappa shape index (κ3) is 8.01. The van der Waals surface area contributed by atoms with Crippen molar-refractivity contribution in [3.8, 4) is 22.6 Å². The number of nitrogens with zero attached hydrogens (tertiary/aromatic N) is 3. The summed E-state index contributed by atoms with van der Waals surface area (Å²) in [6, 6.07) is 13.1. The average molecular weight is 800 g/mol. The molecule has 14 heteroatoms. The van der Waals surface area contributed by atoms with Crippen molar-refractivity contribution in [2.24, 2.45) is 13.0 Å². The predicted octanol–water partition coefficient (Wildman–Crippen LogP) is 6.58. The first-order valence-corrected chi connectivity index (χ1v) is 19.5. The van der Waals surface area contributed by atoms with Gasteiger partial charge >= 0.3 is 6.18 Å². The topological polar surface area (TPSA) is 122 Å². The van der Waals surface area contributed by atoms with Crippen LogP contribution in [0.25, 0.3) is 11.1 Å². The summed E-state index contributed by atoms with van der Waals surface area (Å²) in [7, 11) is 4.75. The highest BCUT2D eigenvalue weighted by atomic mass is 19.4. The van der Waals surface area contributed by atoms with E-state index in [2.05, 4.69) is 16.7 Å². The van der Waals surface area contributed by atoms with Gasteiger partial charge in [-0.3, -0.25) is 24.5 Å². The smallest absolute Gasteiger partial charge is 0.418 e. The van der Waals surface area contributed by atoms with Crippen molar-refractivity contribution >= 4 is 29.1 Å². The van der Waals surface area contributed by atoms with Gasteiger partial charge in [0, 0.05) is 68.3 Å². The number of fused-ring (bicyclic) bond motifs is 1. The number of pyridine rings is 1. The van der Waals surface area contributed by atoms with Crippen molar-refractivity contribution in [3.63, 3.8) is 0 Å². The van der Waals surface area contributed by atoms with Gasteiger partial charge in [-0.2, -0.15) is 13.2 Å².